The smallest absolute Gasteiger partial charge is 0.269 e. The maximum atomic E-state index is 11.9. The molecule has 0 radical (unpaired) electrons. The molecule has 0 saturated carbocycles. The summed E-state index contributed by atoms with van der Waals surface area (Å²) in [5, 5.41) is 1.92. The molecule has 3 nitrogen and oxygen atoms in total. The predicted octanol–water partition coefficient (Wildman–Crippen LogP) is 3.17. The summed E-state index contributed by atoms with van der Waals surface area (Å²) < 4.78 is 0. The normalized spacial score (nSPS) is 10.3. The third-order valence-corrected chi connectivity index (χ3v) is 3.54. The number of carbonyl (C=O) groups excluding carboxylic acids is 1. The molecule has 1 aromatic carbocycles. The fraction of sp³-hybridized carbons (Fsp3) is 0.214. The molecule has 2 rings (SSSR count). The number of benzene rings is 1. The van der Waals surface area contributed by atoms with Gasteiger partial charge in [-0.1, -0.05) is 37.3 Å². The van der Waals surface area contributed by atoms with E-state index in [0.717, 1.165) is 22.4 Å². The minimum Gasteiger partial charge on any atom is -0.269 e. The molecule has 1 amide bonds. The zero-order chi connectivity index (χ0) is 12.8. The summed E-state index contributed by atoms with van der Waals surface area (Å²) >= 11 is 1.44. The Balaban J connectivity index is 1.86. The molecule has 0 atom stereocenters. The number of thiophene rings is 1. The van der Waals surface area contributed by atoms with Gasteiger partial charge in [-0.2, -0.15) is 0 Å². The zero-order valence-corrected chi connectivity index (χ0v) is 11.0. The van der Waals surface area contributed by atoms with Crippen LogP contribution in [0.25, 0.3) is 0 Å². The Labute approximate surface area is 110 Å². The van der Waals surface area contributed by atoms with Gasteiger partial charge in [0.1, 0.15) is 0 Å². The van der Waals surface area contributed by atoms with Crippen LogP contribution in [0.4, 0.5) is 0 Å². The first-order chi connectivity index (χ1) is 8.81. The van der Waals surface area contributed by atoms with Crippen molar-refractivity contribution in [2.75, 3.05) is 0 Å². The lowest BCUT2D eigenvalue weighted by molar-refractivity contribution is 0.0236. The van der Waals surface area contributed by atoms with Crippen molar-refractivity contribution >= 4 is 17.2 Å². The molecule has 0 unspecified atom stereocenters. The van der Waals surface area contributed by atoms with Crippen molar-refractivity contribution in [2.24, 2.45) is 0 Å². The van der Waals surface area contributed by atoms with Crippen molar-refractivity contribution < 1.29 is 9.63 Å². The van der Waals surface area contributed by atoms with Crippen LogP contribution < -0.4 is 5.48 Å². The first kappa shape index (κ1) is 12.8. The number of hydroxylamine groups is 1. The topological polar surface area (TPSA) is 38.3 Å². The van der Waals surface area contributed by atoms with Crippen molar-refractivity contribution in [1.29, 1.82) is 0 Å². The fourth-order valence-corrected chi connectivity index (χ4v) is 2.50. The molecule has 4 heteroatoms. The van der Waals surface area contributed by atoms with Gasteiger partial charge in [0.05, 0.1) is 11.5 Å². The van der Waals surface area contributed by atoms with Crippen molar-refractivity contribution in [3.8, 4) is 0 Å². The number of hydrogen-bond acceptors (Lipinski definition) is 3. The van der Waals surface area contributed by atoms with E-state index in [0.29, 0.717) is 6.61 Å². The quantitative estimate of drug-likeness (QED) is 0.839. The van der Waals surface area contributed by atoms with Gasteiger partial charge in [0.2, 0.25) is 0 Å². The molecule has 1 heterocycles. The predicted molar refractivity (Wildman–Crippen MR) is 72.4 cm³/mol. The van der Waals surface area contributed by atoms with Gasteiger partial charge < -0.3 is 0 Å². The summed E-state index contributed by atoms with van der Waals surface area (Å²) in [4.78, 5) is 17.8. The number of amides is 1. The van der Waals surface area contributed by atoms with Gasteiger partial charge in [-0.05, 0) is 29.0 Å². The third kappa shape index (κ3) is 3.18. The van der Waals surface area contributed by atoms with Gasteiger partial charge >= 0.3 is 0 Å². The molecule has 2 aromatic rings. The second kappa shape index (κ2) is 6.33. The average Bonchev–Trinajstić information content (AvgIpc) is 2.88. The molecule has 94 valence electrons. The Hall–Kier alpha value is -1.65. The molecule has 0 aliphatic heterocycles. The number of carbonyl (C=O) groups is 1. The van der Waals surface area contributed by atoms with Crippen LogP contribution in [0, 0.1) is 0 Å². The van der Waals surface area contributed by atoms with E-state index in [4.69, 9.17) is 4.84 Å². The van der Waals surface area contributed by atoms with Crippen LogP contribution in [0.15, 0.2) is 41.8 Å². The number of aryl methyl sites for hydroxylation is 1. The van der Waals surface area contributed by atoms with Gasteiger partial charge in [-0.15, -0.1) is 11.3 Å². The Morgan fingerprint density at radius 3 is 2.78 bits per heavy atom. The number of nitrogens with one attached hydrogen (secondary N) is 1. The Kier molecular flexibility index (Phi) is 4.50. The second-order valence-electron chi connectivity index (χ2n) is 3.83. The maximum Gasteiger partial charge on any atom is 0.285 e. The van der Waals surface area contributed by atoms with Gasteiger partial charge in [-0.3, -0.25) is 9.63 Å². The van der Waals surface area contributed by atoms with Gasteiger partial charge in [0.25, 0.3) is 5.91 Å². The first-order valence-electron chi connectivity index (χ1n) is 5.83. The molecule has 0 saturated heterocycles. The fourth-order valence-electron chi connectivity index (χ4n) is 1.62. The third-order valence-electron chi connectivity index (χ3n) is 2.58. The summed E-state index contributed by atoms with van der Waals surface area (Å²) in [6.07, 6.45) is 0.852. The molecule has 0 bridgehead atoms. The molecule has 0 fully saturated rings. The summed E-state index contributed by atoms with van der Waals surface area (Å²) in [5.74, 6) is -0.169. The monoisotopic (exact) mass is 261 g/mol. The van der Waals surface area contributed by atoms with E-state index in [1.165, 1.54) is 11.3 Å². The summed E-state index contributed by atoms with van der Waals surface area (Å²) in [5.41, 5.74) is 4.56. The first-order valence-corrected chi connectivity index (χ1v) is 6.71. The van der Waals surface area contributed by atoms with Crippen LogP contribution in [-0.4, -0.2) is 5.91 Å². The molecule has 18 heavy (non-hydrogen) atoms. The lowest BCUT2D eigenvalue weighted by Crippen LogP contribution is -2.23. The van der Waals surface area contributed by atoms with E-state index in [9.17, 15) is 4.79 Å². The molecule has 0 spiro atoms. The summed E-state index contributed by atoms with van der Waals surface area (Å²) in [7, 11) is 0. The van der Waals surface area contributed by atoms with E-state index in [1.807, 2.05) is 48.7 Å². The average molecular weight is 261 g/mol. The summed E-state index contributed by atoms with van der Waals surface area (Å²) in [6, 6.07) is 11.7. The van der Waals surface area contributed by atoms with Crippen molar-refractivity contribution in [2.45, 2.75) is 20.0 Å². The lowest BCUT2D eigenvalue weighted by atomic mass is 10.2. The minimum absolute atomic E-state index is 0.169. The molecule has 1 N–H and O–H groups in total. The maximum absolute atomic E-state index is 11.9. The standard InChI is InChI=1S/C14H15NO2S/c1-2-12-8-9-18-13(12)14(16)15-17-10-11-6-4-3-5-7-11/h3-9H,2,10H2,1H3,(H,15,16). The van der Waals surface area contributed by atoms with Gasteiger partial charge in [-0.25, -0.2) is 5.48 Å². The van der Waals surface area contributed by atoms with Crippen molar-refractivity contribution in [3.63, 3.8) is 0 Å². The van der Waals surface area contributed by atoms with Crippen molar-refractivity contribution in [1.82, 2.24) is 5.48 Å². The highest BCUT2D eigenvalue weighted by Crippen LogP contribution is 2.17. The molecular weight excluding hydrogens is 246 g/mol. The Morgan fingerprint density at radius 1 is 1.28 bits per heavy atom. The molecular formula is C14H15NO2S. The number of rotatable bonds is 5. The van der Waals surface area contributed by atoms with E-state index in [2.05, 4.69) is 5.48 Å². The highest BCUT2D eigenvalue weighted by molar-refractivity contribution is 7.12. The van der Waals surface area contributed by atoms with Crippen molar-refractivity contribution in [3.05, 3.63) is 57.8 Å². The van der Waals surface area contributed by atoms with Crippen LogP contribution in [-0.2, 0) is 17.9 Å². The lowest BCUT2D eigenvalue weighted by Gasteiger charge is -2.05. The van der Waals surface area contributed by atoms with E-state index in [-0.39, 0.29) is 5.91 Å². The minimum atomic E-state index is -0.169. The van der Waals surface area contributed by atoms with E-state index >= 15 is 0 Å². The molecule has 0 aliphatic rings. The zero-order valence-electron chi connectivity index (χ0n) is 10.2. The molecule has 0 aliphatic carbocycles. The highest BCUT2D eigenvalue weighted by atomic mass is 32.1. The molecule has 1 aromatic heterocycles. The van der Waals surface area contributed by atoms with Gasteiger partial charge in [0.15, 0.2) is 0 Å². The Morgan fingerprint density at radius 2 is 2.06 bits per heavy atom. The largest absolute Gasteiger partial charge is 0.285 e. The summed E-state index contributed by atoms with van der Waals surface area (Å²) in [6.45, 7) is 2.41. The van der Waals surface area contributed by atoms with Gasteiger partial charge in [0, 0.05) is 0 Å². The SMILES string of the molecule is CCc1ccsc1C(=O)NOCc1ccccc1. The number of hydrogen-bond donors (Lipinski definition) is 1. The van der Waals surface area contributed by atoms with Crippen LogP contribution in [0.3, 0.4) is 0 Å². The highest BCUT2D eigenvalue weighted by Gasteiger charge is 2.11. The Bertz CT molecular complexity index is 508. The van der Waals surface area contributed by atoms with Crippen LogP contribution in [0.1, 0.15) is 27.7 Å². The van der Waals surface area contributed by atoms with Crippen LogP contribution in [0.5, 0.6) is 0 Å². The van der Waals surface area contributed by atoms with E-state index in [1.54, 1.807) is 0 Å². The van der Waals surface area contributed by atoms with E-state index < -0.39 is 0 Å². The van der Waals surface area contributed by atoms with Crippen LogP contribution in [0.2, 0.25) is 0 Å². The second-order valence-corrected chi connectivity index (χ2v) is 4.75. The van der Waals surface area contributed by atoms with Crippen LogP contribution >= 0.6 is 11.3 Å².